The van der Waals surface area contributed by atoms with Gasteiger partial charge < -0.3 is 0 Å². The van der Waals surface area contributed by atoms with Crippen LogP contribution < -0.4 is 0 Å². The first kappa shape index (κ1) is 32.0. The van der Waals surface area contributed by atoms with E-state index < -0.39 is 0 Å². The minimum Gasteiger partial charge on any atom is -0.208 e. The first-order valence-corrected chi connectivity index (χ1v) is 19.0. The molecule has 260 valence electrons. The predicted molar refractivity (Wildman–Crippen MR) is 235 cm³/mol. The molecule has 11 rings (SSSR count). The maximum atomic E-state index is 5.24. The Hall–Kier alpha value is -7.49. The fourth-order valence-corrected chi connectivity index (χ4v) is 8.59. The zero-order chi connectivity index (χ0) is 37.0. The van der Waals surface area contributed by atoms with Crippen LogP contribution >= 0.6 is 0 Å². The quantitative estimate of drug-likeness (QED) is 0.132. The van der Waals surface area contributed by atoms with Crippen molar-refractivity contribution in [3.8, 4) is 56.4 Å². The summed E-state index contributed by atoms with van der Waals surface area (Å²) in [6.45, 7) is 0. The number of hydrogen-bond donors (Lipinski definition) is 0. The molecule has 0 bridgehead atoms. The summed E-state index contributed by atoms with van der Waals surface area (Å²) in [5.41, 5.74) is 7.77. The van der Waals surface area contributed by atoms with Crippen molar-refractivity contribution in [3.63, 3.8) is 0 Å². The molecule has 3 heteroatoms. The Bertz CT molecular complexity index is 3170. The van der Waals surface area contributed by atoms with Gasteiger partial charge in [-0.3, -0.25) is 0 Å². The van der Waals surface area contributed by atoms with E-state index in [0.717, 1.165) is 38.2 Å². The summed E-state index contributed by atoms with van der Waals surface area (Å²) in [6, 6.07) is 71.2. The molecule has 1 heterocycles. The van der Waals surface area contributed by atoms with Crippen molar-refractivity contribution in [3.05, 3.63) is 200 Å². The maximum absolute atomic E-state index is 5.24. The lowest BCUT2D eigenvalue weighted by atomic mass is 9.83. The molecule has 0 aliphatic carbocycles. The van der Waals surface area contributed by atoms with Gasteiger partial charge in [0.15, 0.2) is 17.5 Å². The standard InChI is InChI=1S/C53H33N3/c1-4-18-34(19-5-1)45-32-46-39-26-12-13-27-40(39)48(33-47(46)38-25-11-10-24-37(38)45)49-41-28-14-16-30-43(41)50(44-31-17-15-29-42(44)49)53-55-51(35-20-6-2-7-21-35)54-52(56-53)36-22-8-3-9-23-36/h1-33H. The normalized spacial score (nSPS) is 11.6. The average Bonchev–Trinajstić information content (AvgIpc) is 3.28. The molecule has 56 heavy (non-hydrogen) atoms. The highest BCUT2D eigenvalue weighted by Crippen LogP contribution is 2.48. The van der Waals surface area contributed by atoms with Crippen molar-refractivity contribution in [2.75, 3.05) is 0 Å². The van der Waals surface area contributed by atoms with Crippen LogP contribution in [0.25, 0.3) is 110 Å². The van der Waals surface area contributed by atoms with Crippen molar-refractivity contribution < 1.29 is 0 Å². The highest BCUT2D eigenvalue weighted by atomic mass is 15.0. The molecule has 0 unspecified atom stereocenters. The van der Waals surface area contributed by atoms with Gasteiger partial charge in [-0.2, -0.15) is 0 Å². The van der Waals surface area contributed by atoms with Gasteiger partial charge in [0.25, 0.3) is 0 Å². The number of aromatic nitrogens is 3. The topological polar surface area (TPSA) is 38.7 Å². The Morgan fingerprint density at radius 3 is 1.00 bits per heavy atom. The molecule has 11 aromatic rings. The van der Waals surface area contributed by atoms with Crippen LogP contribution in [0.4, 0.5) is 0 Å². The Labute approximate surface area is 324 Å². The van der Waals surface area contributed by atoms with Crippen LogP contribution in [0.1, 0.15) is 0 Å². The Morgan fingerprint density at radius 2 is 0.536 bits per heavy atom. The van der Waals surface area contributed by atoms with E-state index in [2.05, 4.69) is 164 Å². The Kier molecular flexibility index (Phi) is 7.49. The Balaban J connectivity index is 1.25. The van der Waals surface area contributed by atoms with Crippen LogP contribution in [0.2, 0.25) is 0 Å². The van der Waals surface area contributed by atoms with Crippen molar-refractivity contribution in [2.45, 2.75) is 0 Å². The molecule has 1 aromatic heterocycles. The summed E-state index contributed by atoms with van der Waals surface area (Å²) in [7, 11) is 0. The number of benzene rings is 10. The second-order valence-electron chi connectivity index (χ2n) is 14.3. The molecular weight excluding hydrogens is 679 g/mol. The third kappa shape index (κ3) is 5.17. The molecule has 0 aliphatic rings. The summed E-state index contributed by atoms with van der Waals surface area (Å²) in [6.07, 6.45) is 0. The summed E-state index contributed by atoms with van der Waals surface area (Å²) in [5.74, 6) is 1.95. The van der Waals surface area contributed by atoms with Crippen molar-refractivity contribution in [2.24, 2.45) is 0 Å². The molecule has 3 nitrogen and oxygen atoms in total. The van der Waals surface area contributed by atoms with E-state index in [-0.39, 0.29) is 0 Å². The van der Waals surface area contributed by atoms with Crippen LogP contribution in [0.5, 0.6) is 0 Å². The van der Waals surface area contributed by atoms with Gasteiger partial charge in [0, 0.05) is 16.7 Å². The Morgan fingerprint density at radius 1 is 0.214 bits per heavy atom. The molecular formula is C53H33N3. The second kappa shape index (κ2) is 13.1. The van der Waals surface area contributed by atoms with E-state index >= 15 is 0 Å². The van der Waals surface area contributed by atoms with Gasteiger partial charge in [-0.25, -0.2) is 15.0 Å². The lowest BCUT2D eigenvalue weighted by Gasteiger charge is -2.20. The lowest BCUT2D eigenvalue weighted by molar-refractivity contribution is 1.08. The van der Waals surface area contributed by atoms with E-state index in [4.69, 9.17) is 15.0 Å². The van der Waals surface area contributed by atoms with Gasteiger partial charge in [-0.15, -0.1) is 0 Å². The highest BCUT2D eigenvalue weighted by Gasteiger charge is 2.22. The summed E-state index contributed by atoms with van der Waals surface area (Å²) < 4.78 is 0. The molecule has 0 spiro atoms. The number of hydrogen-bond acceptors (Lipinski definition) is 3. The van der Waals surface area contributed by atoms with Crippen LogP contribution in [-0.4, -0.2) is 15.0 Å². The highest BCUT2D eigenvalue weighted by molar-refractivity contribution is 6.28. The van der Waals surface area contributed by atoms with Gasteiger partial charge >= 0.3 is 0 Å². The van der Waals surface area contributed by atoms with Crippen molar-refractivity contribution in [1.82, 2.24) is 15.0 Å². The first-order valence-electron chi connectivity index (χ1n) is 19.0. The maximum Gasteiger partial charge on any atom is 0.165 e. The van der Waals surface area contributed by atoms with Gasteiger partial charge in [0.05, 0.1) is 0 Å². The second-order valence-corrected chi connectivity index (χ2v) is 14.3. The SMILES string of the molecule is c1ccc(-c2nc(-c3ccccc3)nc(-c3c4ccccc4c(-c4cc5c6ccccc6c(-c6ccccc6)cc5c5ccccc45)c4ccccc34)n2)cc1. The van der Waals surface area contributed by atoms with Crippen molar-refractivity contribution >= 4 is 53.9 Å². The minimum absolute atomic E-state index is 0.647. The molecule has 0 amide bonds. The zero-order valence-corrected chi connectivity index (χ0v) is 30.4. The smallest absolute Gasteiger partial charge is 0.165 e. The average molecular weight is 712 g/mol. The molecule has 0 aliphatic heterocycles. The van der Waals surface area contributed by atoms with Crippen LogP contribution in [0.3, 0.4) is 0 Å². The third-order valence-corrected chi connectivity index (χ3v) is 11.1. The third-order valence-electron chi connectivity index (χ3n) is 11.1. The van der Waals surface area contributed by atoms with Gasteiger partial charge in [0.2, 0.25) is 0 Å². The number of nitrogens with zero attached hydrogens (tertiary/aromatic N) is 3. The summed E-state index contributed by atoms with van der Waals surface area (Å²) in [4.78, 5) is 15.5. The largest absolute Gasteiger partial charge is 0.208 e. The van der Waals surface area contributed by atoms with Gasteiger partial charge in [0.1, 0.15) is 0 Å². The molecule has 0 fully saturated rings. The lowest BCUT2D eigenvalue weighted by Crippen LogP contribution is -2.01. The van der Waals surface area contributed by atoms with E-state index in [1.807, 2.05) is 36.4 Å². The molecule has 10 aromatic carbocycles. The minimum atomic E-state index is 0.647. The summed E-state index contributed by atoms with van der Waals surface area (Å²) in [5, 5.41) is 11.9. The van der Waals surface area contributed by atoms with Crippen LogP contribution in [0, 0.1) is 0 Å². The number of fused-ring (bicyclic) bond motifs is 7. The van der Waals surface area contributed by atoms with Crippen LogP contribution in [0.15, 0.2) is 200 Å². The molecule has 0 N–H and O–H groups in total. The molecule has 0 atom stereocenters. The fourth-order valence-electron chi connectivity index (χ4n) is 8.59. The molecule has 0 saturated carbocycles. The molecule has 0 radical (unpaired) electrons. The fraction of sp³-hybridized carbons (Fsp3) is 0. The number of rotatable bonds is 5. The first-order chi connectivity index (χ1) is 27.8. The monoisotopic (exact) mass is 711 g/mol. The summed E-state index contributed by atoms with van der Waals surface area (Å²) >= 11 is 0. The van der Waals surface area contributed by atoms with E-state index in [1.165, 1.54) is 54.6 Å². The van der Waals surface area contributed by atoms with E-state index in [1.54, 1.807) is 0 Å². The van der Waals surface area contributed by atoms with Gasteiger partial charge in [-0.1, -0.05) is 188 Å². The van der Waals surface area contributed by atoms with E-state index in [0.29, 0.717) is 17.5 Å². The van der Waals surface area contributed by atoms with Gasteiger partial charge in [-0.05, 0) is 88.2 Å². The van der Waals surface area contributed by atoms with Crippen LogP contribution in [-0.2, 0) is 0 Å². The van der Waals surface area contributed by atoms with E-state index in [9.17, 15) is 0 Å². The van der Waals surface area contributed by atoms with Crippen molar-refractivity contribution in [1.29, 1.82) is 0 Å². The zero-order valence-electron chi connectivity index (χ0n) is 30.4. The predicted octanol–water partition coefficient (Wildman–Crippen LogP) is 14.0. The molecule has 0 saturated heterocycles.